The van der Waals surface area contributed by atoms with Crippen LogP contribution in [0.1, 0.15) is 54.4 Å². The fourth-order valence-corrected chi connectivity index (χ4v) is 12.2. The van der Waals surface area contributed by atoms with Gasteiger partial charge >= 0.3 is 0 Å². The van der Waals surface area contributed by atoms with Crippen LogP contribution in [0.5, 0.6) is 0 Å². The zero-order valence-electron chi connectivity index (χ0n) is 23.2. The summed E-state index contributed by atoms with van der Waals surface area (Å²) >= 11 is 0. The van der Waals surface area contributed by atoms with Gasteiger partial charge in [-0.05, 0) is 27.2 Å². The minimum atomic E-state index is -2.64. The summed E-state index contributed by atoms with van der Waals surface area (Å²) in [6.45, 7) is 14.1. The topological polar surface area (TPSA) is 35.5 Å². The highest BCUT2D eigenvalue weighted by Gasteiger charge is 2.58. The number of Topliss-reactive ketones (excluding diaryl/α,β-unsaturated/α-hetero) is 1. The molecule has 5 atom stereocenters. The number of fused-ring (bicyclic) bond motifs is 3. The summed E-state index contributed by atoms with van der Waals surface area (Å²) in [4.78, 5) is 13.5. The Morgan fingerprint density at radius 2 is 1.54 bits per heavy atom. The van der Waals surface area contributed by atoms with E-state index in [0.717, 1.165) is 6.42 Å². The lowest BCUT2D eigenvalue weighted by Crippen LogP contribution is -2.67. The summed E-state index contributed by atoms with van der Waals surface area (Å²) < 4.78 is 13.8. The Morgan fingerprint density at radius 1 is 0.946 bits per heavy atom. The van der Waals surface area contributed by atoms with E-state index in [1.165, 1.54) is 10.4 Å². The number of benzene rings is 2. The molecule has 37 heavy (non-hydrogen) atoms. The van der Waals surface area contributed by atoms with Gasteiger partial charge in [-0.25, -0.2) is 0 Å². The van der Waals surface area contributed by atoms with Gasteiger partial charge in [0.25, 0.3) is 8.32 Å². The molecule has 0 N–H and O–H groups in total. The zero-order chi connectivity index (χ0) is 26.5. The summed E-state index contributed by atoms with van der Waals surface area (Å²) in [6.07, 6.45) is 10.3. The van der Waals surface area contributed by atoms with Crippen LogP contribution in [0.15, 0.2) is 85.0 Å². The van der Waals surface area contributed by atoms with Crippen molar-refractivity contribution in [2.45, 2.75) is 71.6 Å². The molecule has 0 bridgehead atoms. The first-order valence-corrected chi connectivity index (χ1v) is 15.7. The van der Waals surface area contributed by atoms with E-state index in [9.17, 15) is 4.79 Å². The van der Waals surface area contributed by atoms with E-state index in [2.05, 4.69) is 127 Å². The Kier molecular flexibility index (Phi) is 6.75. The van der Waals surface area contributed by atoms with Gasteiger partial charge in [0.2, 0.25) is 0 Å². The molecule has 1 heterocycles. The van der Waals surface area contributed by atoms with E-state index >= 15 is 0 Å². The normalized spacial score (nSPS) is 31.0. The molecular weight excluding hydrogens is 472 g/mol. The summed E-state index contributed by atoms with van der Waals surface area (Å²) in [6, 6.07) is 21.5. The summed E-state index contributed by atoms with van der Waals surface area (Å²) in [5.41, 5.74) is -0.231. The molecule has 2 aliphatic carbocycles. The van der Waals surface area contributed by atoms with E-state index in [1.807, 2.05) is 0 Å². The number of allylic oxidation sites excluding steroid dienone is 2. The van der Waals surface area contributed by atoms with Gasteiger partial charge in [-0.3, -0.25) is 4.79 Å². The minimum absolute atomic E-state index is 0.0252. The third-order valence-corrected chi connectivity index (χ3v) is 14.1. The highest BCUT2D eigenvalue weighted by Crippen LogP contribution is 2.57. The van der Waals surface area contributed by atoms with Crippen molar-refractivity contribution in [3.63, 3.8) is 0 Å². The minimum Gasteiger partial charge on any atom is -0.404 e. The molecule has 0 saturated heterocycles. The van der Waals surface area contributed by atoms with Crippen molar-refractivity contribution in [3.05, 3.63) is 85.0 Å². The molecule has 5 rings (SSSR count). The van der Waals surface area contributed by atoms with Crippen LogP contribution < -0.4 is 10.4 Å². The van der Waals surface area contributed by atoms with Crippen molar-refractivity contribution in [1.29, 1.82) is 0 Å². The molecule has 3 aliphatic rings. The highest BCUT2D eigenvalue weighted by atomic mass is 28.4. The predicted octanol–water partition coefficient (Wildman–Crippen LogP) is 6.08. The lowest BCUT2D eigenvalue weighted by molar-refractivity contribution is -0.156. The first-order valence-electron chi connectivity index (χ1n) is 13.8. The Balaban J connectivity index is 1.45. The van der Waals surface area contributed by atoms with Crippen LogP contribution in [-0.4, -0.2) is 32.9 Å². The van der Waals surface area contributed by atoms with Crippen molar-refractivity contribution in [3.8, 4) is 0 Å². The van der Waals surface area contributed by atoms with Crippen LogP contribution >= 0.6 is 0 Å². The average Bonchev–Trinajstić information content (AvgIpc) is 2.84. The average molecular weight is 515 g/mol. The number of ketones is 1. The van der Waals surface area contributed by atoms with Gasteiger partial charge < -0.3 is 9.16 Å². The molecule has 1 fully saturated rings. The molecule has 196 valence electrons. The van der Waals surface area contributed by atoms with Crippen molar-refractivity contribution in [2.75, 3.05) is 6.61 Å². The Labute approximate surface area is 224 Å². The van der Waals surface area contributed by atoms with E-state index in [1.54, 1.807) is 0 Å². The second-order valence-corrected chi connectivity index (χ2v) is 17.5. The fourth-order valence-electron chi connectivity index (χ4n) is 7.64. The highest BCUT2D eigenvalue weighted by molar-refractivity contribution is 6.99. The molecule has 2 aromatic rings. The van der Waals surface area contributed by atoms with Crippen LogP contribution in [0.3, 0.4) is 0 Å². The van der Waals surface area contributed by atoms with Gasteiger partial charge in [0, 0.05) is 23.7 Å². The maximum atomic E-state index is 13.5. The number of carbonyl (C=O) groups excluding carboxylic acids is 1. The quantitative estimate of drug-likeness (QED) is 0.358. The van der Waals surface area contributed by atoms with Crippen LogP contribution in [0.25, 0.3) is 0 Å². The van der Waals surface area contributed by atoms with Crippen molar-refractivity contribution in [2.24, 2.45) is 22.7 Å². The number of hydrogen-bond donors (Lipinski definition) is 0. The molecule has 3 unspecified atom stereocenters. The van der Waals surface area contributed by atoms with E-state index in [0.29, 0.717) is 18.8 Å². The molecule has 0 aromatic heterocycles. The van der Waals surface area contributed by atoms with Gasteiger partial charge in [0.1, 0.15) is 5.78 Å². The monoisotopic (exact) mass is 514 g/mol. The SMILES string of the molecule is CC1(C)CC=C[C@]2(C)C3C=C[C@@H](CO[Si](c4ccccc4)(c4ccccc4)C(C)(C)C)OC3CC(=O)C12. The second-order valence-electron chi connectivity index (χ2n) is 13.2. The maximum absolute atomic E-state index is 13.5. The van der Waals surface area contributed by atoms with Gasteiger partial charge in [-0.1, -0.05) is 127 Å². The van der Waals surface area contributed by atoms with Gasteiger partial charge in [0.15, 0.2) is 0 Å². The summed E-state index contributed by atoms with van der Waals surface area (Å²) in [5, 5.41) is 2.45. The van der Waals surface area contributed by atoms with Crippen LogP contribution in [0, 0.1) is 22.7 Å². The maximum Gasteiger partial charge on any atom is 0.261 e. The number of rotatable bonds is 5. The molecule has 0 amide bonds. The summed E-state index contributed by atoms with van der Waals surface area (Å²) in [5.74, 6) is 0.583. The lowest BCUT2D eigenvalue weighted by atomic mass is 9.49. The molecule has 0 radical (unpaired) electrons. The molecular formula is C33H42O3Si. The number of hydrogen-bond acceptors (Lipinski definition) is 3. The first-order chi connectivity index (χ1) is 17.5. The molecule has 4 heteroatoms. The van der Waals surface area contributed by atoms with Gasteiger partial charge in [-0.2, -0.15) is 0 Å². The van der Waals surface area contributed by atoms with Crippen molar-refractivity contribution >= 4 is 24.5 Å². The van der Waals surface area contributed by atoms with Crippen LogP contribution in [0.4, 0.5) is 0 Å². The third kappa shape index (κ3) is 4.41. The zero-order valence-corrected chi connectivity index (χ0v) is 24.2. The molecule has 0 spiro atoms. The van der Waals surface area contributed by atoms with Crippen molar-refractivity contribution < 1.29 is 14.0 Å². The van der Waals surface area contributed by atoms with E-state index in [4.69, 9.17) is 9.16 Å². The molecule has 3 nitrogen and oxygen atoms in total. The summed E-state index contributed by atoms with van der Waals surface area (Å²) in [7, 11) is -2.64. The van der Waals surface area contributed by atoms with E-state index < -0.39 is 8.32 Å². The third-order valence-electron chi connectivity index (χ3n) is 9.13. The Morgan fingerprint density at radius 3 is 2.11 bits per heavy atom. The fraction of sp³-hybridized carbons (Fsp3) is 0.485. The largest absolute Gasteiger partial charge is 0.404 e. The standard InChI is InChI=1S/C33H42O3Si/c1-31(2,3)37(25-14-9-7-10-15-25,26-16-11-8-12-17-26)35-23-24-18-19-27-29(36-24)22-28(34)30-32(4,5)20-13-21-33(27,30)6/h7-19,21,24,27,29-30H,20,22-23H2,1-6H3/t24-,27?,29?,30?,33+/m0/s1. The van der Waals surface area contributed by atoms with Gasteiger partial charge in [0.05, 0.1) is 18.8 Å². The lowest BCUT2D eigenvalue weighted by Gasteiger charge is -2.56. The molecule has 1 saturated carbocycles. The van der Waals surface area contributed by atoms with Crippen LogP contribution in [0.2, 0.25) is 5.04 Å². The number of ether oxygens (including phenoxy) is 1. The smallest absolute Gasteiger partial charge is 0.261 e. The molecule has 2 aromatic carbocycles. The Bertz CT molecular complexity index is 1140. The van der Waals surface area contributed by atoms with E-state index in [-0.39, 0.29) is 39.9 Å². The molecule has 1 aliphatic heterocycles. The van der Waals surface area contributed by atoms with Gasteiger partial charge in [-0.15, -0.1) is 0 Å². The second kappa shape index (κ2) is 9.48. The van der Waals surface area contributed by atoms with Crippen molar-refractivity contribution in [1.82, 2.24) is 0 Å². The predicted molar refractivity (Wildman–Crippen MR) is 154 cm³/mol. The van der Waals surface area contributed by atoms with Crippen LogP contribution in [-0.2, 0) is 14.0 Å². The number of carbonyl (C=O) groups is 1. The first kappa shape index (κ1) is 26.3. The Hall–Kier alpha value is -2.27.